The Morgan fingerprint density at radius 2 is 2.00 bits per heavy atom. The molecule has 1 atom stereocenters. The maximum Gasteiger partial charge on any atom is 0.408 e. The number of amides is 1. The number of aliphatic hydroxyl groups excluding tert-OH is 1. The smallest absolute Gasteiger partial charge is 0.408 e. The van der Waals surface area contributed by atoms with E-state index in [-0.39, 0.29) is 6.54 Å². The average Bonchev–Trinajstić information content (AvgIpc) is 2.99. The molecule has 2 aromatic rings. The van der Waals surface area contributed by atoms with Gasteiger partial charge < -0.3 is 19.9 Å². The molecule has 2 rings (SSSR count). The zero-order valence-electron chi connectivity index (χ0n) is 14.2. The summed E-state index contributed by atoms with van der Waals surface area (Å²) in [6.45, 7) is 5.67. The Labute approximate surface area is 145 Å². The SMILES string of the molecule is COc1ccc(C(O)c2cnc(CNC(=O)OC(C)(C)C)s2)cc1. The van der Waals surface area contributed by atoms with Gasteiger partial charge in [-0.1, -0.05) is 12.1 Å². The van der Waals surface area contributed by atoms with Crippen LogP contribution in [-0.2, 0) is 11.3 Å². The van der Waals surface area contributed by atoms with E-state index in [1.54, 1.807) is 46.2 Å². The van der Waals surface area contributed by atoms with Gasteiger partial charge in [-0.25, -0.2) is 9.78 Å². The number of ether oxygens (including phenoxy) is 2. The van der Waals surface area contributed by atoms with Crippen molar-refractivity contribution in [3.63, 3.8) is 0 Å². The number of nitrogens with one attached hydrogen (secondary N) is 1. The number of carbonyl (C=O) groups is 1. The summed E-state index contributed by atoms with van der Waals surface area (Å²) in [4.78, 5) is 16.6. The molecule has 0 saturated carbocycles. The molecule has 130 valence electrons. The fourth-order valence-electron chi connectivity index (χ4n) is 1.94. The van der Waals surface area contributed by atoms with Crippen molar-refractivity contribution in [2.75, 3.05) is 7.11 Å². The summed E-state index contributed by atoms with van der Waals surface area (Å²) in [6.07, 6.45) is 0.365. The molecule has 1 amide bonds. The fourth-order valence-corrected chi connectivity index (χ4v) is 2.82. The summed E-state index contributed by atoms with van der Waals surface area (Å²) in [6, 6.07) is 7.21. The van der Waals surface area contributed by atoms with Gasteiger partial charge in [0.05, 0.1) is 18.5 Å². The first-order chi connectivity index (χ1) is 11.3. The van der Waals surface area contributed by atoms with Crippen LogP contribution in [0.1, 0.15) is 42.3 Å². The van der Waals surface area contributed by atoms with Crippen molar-refractivity contribution in [3.05, 3.63) is 45.9 Å². The van der Waals surface area contributed by atoms with E-state index < -0.39 is 17.8 Å². The molecule has 0 radical (unpaired) electrons. The Morgan fingerprint density at radius 3 is 2.58 bits per heavy atom. The Balaban J connectivity index is 1.95. The van der Waals surface area contributed by atoms with Crippen LogP contribution >= 0.6 is 11.3 Å². The zero-order valence-corrected chi connectivity index (χ0v) is 15.0. The van der Waals surface area contributed by atoms with E-state index >= 15 is 0 Å². The lowest BCUT2D eigenvalue weighted by Gasteiger charge is -2.19. The Morgan fingerprint density at radius 1 is 1.33 bits per heavy atom. The van der Waals surface area contributed by atoms with Crippen LogP contribution in [0, 0.1) is 0 Å². The molecule has 24 heavy (non-hydrogen) atoms. The quantitative estimate of drug-likeness (QED) is 0.865. The normalized spacial score (nSPS) is 12.5. The van der Waals surface area contributed by atoms with Crippen molar-refractivity contribution in [1.29, 1.82) is 0 Å². The van der Waals surface area contributed by atoms with Gasteiger partial charge in [-0.05, 0) is 38.5 Å². The predicted octanol–water partition coefficient (Wildman–Crippen LogP) is 3.26. The van der Waals surface area contributed by atoms with Crippen LogP contribution < -0.4 is 10.1 Å². The van der Waals surface area contributed by atoms with Crippen LogP contribution in [0.25, 0.3) is 0 Å². The molecule has 0 aliphatic heterocycles. The van der Waals surface area contributed by atoms with Gasteiger partial charge in [0, 0.05) is 6.20 Å². The highest BCUT2D eigenvalue weighted by molar-refractivity contribution is 7.11. The van der Waals surface area contributed by atoms with Crippen LogP contribution in [0.15, 0.2) is 30.5 Å². The Bertz CT molecular complexity index is 677. The number of hydrogen-bond donors (Lipinski definition) is 2. The molecule has 6 nitrogen and oxygen atoms in total. The predicted molar refractivity (Wildman–Crippen MR) is 92.2 cm³/mol. The van der Waals surface area contributed by atoms with Crippen LogP contribution in [0.3, 0.4) is 0 Å². The van der Waals surface area contributed by atoms with Crippen LogP contribution in [-0.4, -0.2) is 28.9 Å². The number of benzene rings is 1. The van der Waals surface area contributed by atoms with Crippen molar-refractivity contribution >= 4 is 17.4 Å². The molecule has 7 heteroatoms. The van der Waals surface area contributed by atoms with E-state index in [0.29, 0.717) is 9.88 Å². The second-order valence-electron chi connectivity index (χ2n) is 6.19. The first-order valence-electron chi connectivity index (χ1n) is 7.52. The zero-order chi connectivity index (χ0) is 17.7. The fraction of sp³-hybridized carbons (Fsp3) is 0.412. The second-order valence-corrected chi connectivity index (χ2v) is 7.33. The molecule has 1 aromatic heterocycles. The minimum Gasteiger partial charge on any atom is -0.497 e. The van der Waals surface area contributed by atoms with Crippen molar-refractivity contribution in [1.82, 2.24) is 10.3 Å². The topological polar surface area (TPSA) is 80.7 Å². The minimum absolute atomic E-state index is 0.259. The van der Waals surface area contributed by atoms with E-state index in [1.165, 1.54) is 11.3 Å². The highest BCUT2D eigenvalue weighted by atomic mass is 32.1. The van der Waals surface area contributed by atoms with Gasteiger partial charge in [0.1, 0.15) is 22.5 Å². The van der Waals surface area contributed by atoms with Crippen molar-refractivity contribution < 1.29 is 19.4 Å². The molecule has 0 saturated heterocycles. The Kier molecular flexibility index (Phi) is 5.80. The summed E-state index contributed by atoms with van der Waals surface area (Å²) < 4.78 is 10.3. The maximum atomic E-state index is 11.6. The van der Waals surface area contributed by atoms with Gasteiger partial charge in [0.2, 0.25) is 0 Å². The van der Waals surface area contributed by atoms with E-state index in [9.17, 15) is 9.90 Å². The van der Waals surface area contributed by atoms with E-state index in [2.05, 4.69) is 10.3 Å². The third-order valence-electron chi connectivity index (χ3n) is 3.06. The molecule has 1 heterocycles. The second kappa shape index (κ2) is 7.63. The summed E-state index contributed by atoms with van der Waals surface area (Å²) >= 11 is 1.34. The van der Waals surface area contributed by atoms with Gasteiger partial charge in [-0.2, -0.15) is 0 Å². The van der Waals surface area contributed by atoms with E-state index in [4.69, 9.17) is 9.47 Å². The van der Waals surface area contributed by atoms with Crippen LogP contribution in [0.5, 0.6) is 5.75 Å². The standard InChI is InChI=1S/C17H22N2O4S/c1-17(2,3)23-16(21)19-10-14-18-9-13(24-14)15(20)11-5-7-12(22-4)8-6-11/h5-9,15,20H,10H2,1-4H3,(H,19,21). The van der Waals surface area contributed by atoms with Crippen molar-refractivity contribution in [3.8, 4) is 5.75 Å². The number of alkyl carbamates (subject to hydrolysis) is 1. The number of rotatable bonds is 5. The first-order valence-corrected chi connectivity index (χ1v) is 8.33. The number of nitrogens with zero attached hydrogens (tertiary/aromatic N) is 1. The molecule has 1 unspecified atom stereocenters. The first kappa shape index (κ1) is 18.2. The minimum atomic E-state index is -0.760. The van der Waals surface area contributed by atoms with Gasteiger partial charge in [0.25, 0.3) is 0 Å². The summed E-state index contributed by atoms with van der Waals surface area (Å²) in [7, 11) is 1.60. The number of hydrogen-bond acceptors (Lipinski definition) is 6. The molecule has 2 N–H and O–H groups in total. The molecular formula is C17H22N2O4S. The average molecular weight is 350 g/mol. The summed E-state index contributed by atoms with van der Waals surface area (Å²) in [5, 5.41) is 13.8. The largest absolute Gasteiger partial charge is 0.497 e. The van der Waals surface area contributed by atoms with Crippen molar-refractivity contribution in [2.24, 2.45) is 0 Å². The lowest BCUT2D eigenvalue weighted by Crippen LogP contribution is -2.32. The lowest BCUT2D eigenvalue weighted by atomic mass is 10.1. The molecule has 1 aromatic carbocycles. The number of aliphatic hydroxyl groups is 1. The Hall–Kier alpha value is -2.12. The van der Waals surface area contributed by atoms with E-state index in [1.807, 2.05) is 12.1 Å². The van der Waals surface area contributed by atoms with Gasteiger partial charge >= 0.3 is 6.09 Å². The molecule has 0 bridgehead atoms. The third-order valence-corrected chi connectivity index (χ3v) is 4.11. The summed E-state index contributed by atoms with van der Waals surface area (Å²) in [5.74, 6) is 0.734. The monoisotopic (exact) mass is 350 g/mol. The molecule has 0 aliphatic rings. The molecule has 0 fully saturated rings. The highest BCUT2D eigenvalue weighted by Gasteiger charge is 2.17. The number of thiazole rings is 1. The summed E-state index contributed by atoms with van der Waals surface area (Å²) in [5.41, 5.74) is 0.217. The lowest BCUT2D eigenvalue weighted by molar-refractivity contribution is 0.0523. The van der Waals surface area contributed by atoms with Crippen LogP contribution in [0.4, 0.5) is 4.79 Å². The van der Waals surface area contributed by atoms with Gasteiger partial charge in [0.15, 0.2) is 0 Å². The van der Waals surface area contributed by atoms with Crippen molar-refractivity contribution in [2.45, 2.75) is 39.0 Å². The van der Waals surface area contributed by atoms with Gasteiger partial charge in [-0.15, -0.1) is 11.3 Å². The van der Waals surface area contributed by atoms with Crippen LogP contribution in [0.2, 0.25) is 0 Å². The molecule has 0 spiro atoms. The molecular weight excluding hydrogens is 328 g/mol. The number of methoxy groups -OCH3 is 1. The third kappa shape index (κ3) is 5.21. The number of carbonyl (C=O) groups excluding carboxylic acids is 1. The van der Waals surface area contributed by atoms with Gasteiger partial charge in [-0.3, -0.25) is 0 Å². The number of aromatic nitrogens is 1. The highest BCUT2D eigenvalue weighted by Crippen LogP contribution is 2.28. The maximum absolute atomic E-state index is 11.6. The molecule has 0 aliphatic carbocycles. The van der Waals surface area contributed by atoms with E-state index in [0.717, 1.165) is 11.3 Å².